The van der Waals surface area contributed by atoms with E-state index in [1.807, 2.05) is 13.8 Å². The van der Waals surface area contributed by atoms with Gasteiger partial charge in [0.2, 0.25) is 5.91 Å². The van der Waals surface area contributed by atoms with E-state index in [1.54, 1.807) is 0 Å². The molecule has 0 aromatic heterocycles. The van der Waals surface area contributed by atoms with Gasteiger partial charge in [-0.1, -0.05) is 13.8 Å². The molecule has 1 aliphatic rings. The average molecular weight is 199 g/mol. The van der Waals surface area contributed by atoms with Gasteiger partial charge < -0.3 is 10.4 Å². The normalized spacial score (nSPS) is 24.1. The lowest BCUT2D eigenvalue weighted by atomic mass is 9.92. The molecule has 0 heterocycles. The third kappa shape index (κ3) is 1.89. The predicted molar refractivity (Wildman–Crippen MR) is 51.7 cm³/mol. The van der Waals surface area contributed by atoms with Crippen LogP contribution in [0.2, 0.25) is 0 Å². The molecular weight excluding hydrogens is 182 g/mol. The van der Waals surface area contributed by atoms with Crippen molar-refractivity contribution in [2.24, 2.45) is 10.8 Å². The quantitative estimate of drug-likeness (QED) is 0.667. The van der Waals surface area contributed by atoms with E-state index in [0.29, 0.717) is 0 Å². The first-order valence-electron chi connectivity index (χ1n) is 4.72. The molecule has 1 fully saturated rings. The smallest absolute Gasteiger partial charge is 0.318 e. The van der Waals surface area contributed by atoms with Crippen molar-refractivity contribution < 1.29 is 14.7 Å². The Morgan fingerprint density at radius 1 is 1.43 bits per heavy atom. The fourth-order valence-electron chi connectivity index (χ4n) is 1.15. The number of hydrogen-bond acceptors (Lipinski definition) is 2. The van der Waals surface area contributed by atoms with Crippen LogP contribution in [0.3, 0.4) is 0 Å². The summed E-state index contributed by atoms with van der Waals surface area (Å²) >= 11 is 0. The third-order valence-corrected chi connectivity index (χ3v) is 2.92. The Hall–Kier alpha value is -1.06. The lowest BCUT2D eigenvalue weighted by Crippen LogP contribution is -2.44. The Kier molecular flexibility index (Phi) is 2.34. The highest BCUT2D eigenvalue weighted by Crippen LogP contribution is 2.44. The molecule has 0 aromatic rings. The summed E-state index contributed by atoms with van der Waals surface area (Å²) in [6.07, 6.45) is 0.925. The van der Waals surface area contributed by atoms with Gasteiger partial charge in [0.25, 0.3) is 0 Å². The Bertz CT molecular complexity index is 281. The number of rotatable bonds is 3. The van der Waals surface area contributed by atoms with Crippen molar-refractivity contribution >= 4 is 11.9 Å². The van der Waals surface area contributed by atoms with Crippen molar-refractivity contribution in [3.63, 3.8) is 0 Å². The fourth-order valence-corrected chi connectivity index (χ4v) is 1.15. The molecule has 0 bridgehead atoms. The summed E-state index contributed by atoms with van der Waals surface area (Å²) in [5.41, 5.74) is -1.21. The minimum atomic E-state index is -1.33. The highest BCUT2D eigenvalue weighted by atomic mass is 16.4. The highest BCUT2D eigenvalue weighted by molar-refractivity contribution is 6.01. The lowest BCUT2D eigenvalue weighted by molar-refractivity contribution is -0.153. The summed E-state index contributed by atoms with van der Waals surface area (Å²) < 4.78 is 0. The van der Waals surface area contributed by atoms with Gasteiger partial charge in [0.15, 0.2) is 0 Å². The molecule has 0 saturated heterocycles. The number of aliphatic carboxylic acids is 1. The second-order valence-electron chi connectivity index (χ2n) is 5.15. The van der Waals surface area contributed by atoms with Crippen molar-refractivity contribution in [3.05, 3.63) is 0 Å². The predicted octanol–water partition coefficient (Wildman–Crippen LogP) is 1.01. The van der Waals surface area contributed by atoms with E-state index < -0.39 is 17.3 Å². The van der Waals surface area contributed by atoms with Gasteiger partial charge in [-0.3, -0.25) is 9.59 Å². The molecule has 80 valence electrons. The van der Waals surface area contributed by atoms with Gasteiger partial charge in [0.05, 0.1) is 0 Å². The van der Waals surface area contributed by atoms with E-state index in [9.17, 15) is 9.59 Å². The van der Waals surface area contributed by atoms with Gasteiger partial charge in [-0.2, -0.15) is 0 Å². The van der Waals surface area contributed by atoms with E-state index in [-0.39, 0.29) is 11.5 Å². The van der Waals surface area contributed by atoms with Gasteiger partial charge in [-0.05, 0) is 25.7 Å². The van der Waals surface area contributed by atoms with Crippen LogP contribution in [0.15, 0.2) is 0 Å². The van der Waals surface area contributed by atoms with Crippen molar-refractivity contribution in [2.75, 3.05) is 0 Å². The summed E-state index contributed by atoms with van der Waals surface area (Å²) in [7, 11) is 0. The van der Waals surface area contributed by atoms with Gasteiger partial charge >= 0.3 is 5.97 Å². The molecule has 0 aliphatic heterocycles. The summed E-state index contributed by atoms with van der Waals surface area (Å²) in [6, 6.07) is 0.133. The number of carbonyl (C=O) groups excluding carboxylic acids is 1. The van der Waals surface area contributed by atoms with E-state index in [1.165, 1.54) is 13.8 Å². The van der Waals surface area contributed by atoms with E-state index in [0.717, 1.165) is 6.42 Å². The zero-order valence-corrected chi connectivity index (χ0v) is 9.05. The first-order valence-corrected chi connectivity index (χ1v) is 4.72. The summed E-state index contributed by atoms with van der Waals surface area (Å²) in [4.78, 5) is 22.3. The summed E-state index contributed by atoms with van der Waals surface area (Å²) in [5.74, 6) is -1.49. The molecule has 4 heteroatoms. The van der Waals surface area contributed by atoms with Gasteiger partial charge in [0.1, 0.15) is 5.41 Å². The Morgan fingerprint density at radius 2 is 1.86 bits per heavy atom. The maximum atomic E-state index is 11.6. The van der Waals surface area contributed by atoms with Gasteiger partial charge in [-0.25, -0.2) is 0 Å². The van der Waals surface area contributed by atoms with Crippen LogP contribution in [0.5, 0.6) is 0 Å². The number of nitrogens with one attached hydrogen (secondary N) is 1. The van der Waals surface area contributed by atoms with E-state index in [4.69, 9.17) is 5.11 Å². The second-order valence-corrected chi connectivity index (χ2v) is 5.15. The number of carboxylic acid groups (broad SMARTS) is 1. The zero-order valence-electron chi connectivity index (χ0n) is 9.05. The van der Waals surface area contributed by atoms with Crippen LogP contribution in [-0.2, 0) is 9.59 Å². The molecule has 1 saturated carbocycles. The largest absolute Gasteiger partial charge is 0.480 e. The maximum Gasteiger partial charge on any atom is 0.318 e. The molecule has 4 nitrogen and oxygen atoms in total. The SMILES string of the molecule is CC(C)(C(=O)O)C(=O)NC1CC1(C)C. The molecule has 0 aromatic carbocycles. The molecular formula is C10H17NO3. The van der Waals surface area contributed by atoms with E-state index >= 15 is 0 Å². The van der Waals surface area contributed by atoms with Crippen LogP contribution in [0.4, 0.5) is 0 Å². The molecule has 1 aliphatic carbocycles. The van der Waals surface area contributed by atoms with E-state index in [2.05, 4.69) is 5.32 Å². The molecule has 1 rings (SSSR count). The van der Waals surface area contributed by atoms with Gasteiger partial charge in [0, 0.05) is 6.04 Å². The topological polar surface area (TPSA) is 66.4 Å². The van der Waals surface area contributed by atoms with Crippen molar-refractivity contribution in [3.8, 4) is 0 Å². The number of amides is 1. The lowest BCUT2D eigenvalue weighted by Gasteiger charge is -2.19. The Morgan fingerprint density at radius 3 is 2.14 bits per heavy atom. The molecule has 1 atom stereocenters. The fraction of sp³-hybridized carbons (Fsp3) is 0.800. The monoisotopic (exact) mass is 199 g/mol. The van der Waals surface area contributed by atoms with Crippen LogP contribution < -0.4 is 5.32 Å². The number of carboxylic acids is 1. The van der Waals surface area contributed by atoms with Crippen LogP contribution in [0.1, 0.15) is 34.1 Å². The van der Waals surface area contributed by atoms with Crippen molar-refractivity contribution in [1.82, 2.24) is 5.32 Å². The molecule has 1 amide bonds. The van der Waals surface area contributed by atoms with Crippen LogP contribution in [-0.4, -0.2) is 23.0 Å². The first kappa shape index (κ1) is 11.0. The highest BCUT2D eigenvalue weighted by Gasteiger charge is 2.49. The van der Waals surface area contributed by atoms with Gasteiger partial charge in [-0.15, -0.1) is 0 Å². The second kappa shape index (κ2) is 2.97. The molecule has 0 radical (unpaired) electrons. The third-order valence-electron chi connectivity index (χ3n) is 2.92. The maximum absolute atomic E-state index is 11.6. The van der Waals surface area contributed by atoms with Crippen LogP contribution in [0.25, 0.3) is 0 Å². The van der Waals surface area contributed by atoms with Crippen molar-refractivity contribution in [1.29, 1.82) is 0 Å². The zero-order chi connectivity index (χ0) is 11.1. The van der Waals surface area contributed by atoms with Crippen molar-refractivity contribution in [2.45, 2.75) is 40.2 Å². The van der Waals surface area contributed by atoms with Crippen LogP contribution in [0, 0.1) is 10.8 Å². The molecule has 1 unspecified atom stereocenters. The van der Waals surface area contributed by atoms with Crippen LogP contribution >= 0.6 is 0 Å². The minimum absolute atomic E-state index is 0.129. The average Bonchev–Trinajstić information content (AvgIpc) is 2.58. The molecule has 2 N–H and O–H groups in total. The number of hydrogen-bond donors (Lipinski definition) is 2. The first-order chi connectivity index (χ1) is 6.18. The molecule has 0 spiro atoms. The summed E-state index contributed by atoms with van der Waals surface area (Å²) in [6.45, 7) is 6.93. The molecule has 14 heavy (non-hydrogen) atoms. The number of carbonyl (C=O) groups is 2. The Labute approximate surface area is 83.7 Å². The standard InChI is InChI=1S/C10H17NO3/c1-9(2)5-6(9)11-7(12)10(3,4)8(13)14/h6H,5H2,1-4H3,(H,11,12)(H,13,14). The minimum Gasteiger partial charge on any atom is -0.480 e. The Balaban J connectivity index is 2.56. The summed E-state index contributed by atoms with van der Waals surface area (Å²) in [5, 5.41) is 11.6.